The normalized spacial score (nSPS) is 20.0. The molecule has 0 aromatic heterocycles. The fourth-order valence-corrected chi connectivity index (χ4v) is 3.47. The second-order valence-electron chi connectivity index (χ2n) is 5.56. The zero-order valence-corrected chi connectivity index (χ0v) is 16.7. The van der Waals surface area contributed by atoms with Crippen LogP contribution in [0.3, 0.4) is 0 Å². The van der Waals surface area contributed by atoms with E-state index in [1.54, 1.807) is 13.8 Å². The van der Waals surface area contributed by atoms with Gasteiger partial charge < -0.3 is 15.0 Å². The molecule has 1 aliphatic heterocycles. The summed E-state index contributed by atoms with van der Waals surface area (Å²) in [6, 6.07) is 0. The van der Waals surface area contributed by atoms with Gasteiger partial charge in [-0.3, -0.25) is 9.79 Å². The topological polar surface area (TPSA) is 88.1 Å². The van der Waals surface area contributed by atoms with Crippen LogP contribution in [-0.4, -0.2) is 69.0 Å². The van der Waals surface area contributed by atoms with Gasteiger partial charge in [0.15, 0.2) is 15.8 Å². The SMILES string of the molecule is CCNC(=NCCC(=O)OC)N1CCS(=O)(=O)C(C)(C)C1.I. The molecule has 0 unspecified atom stereocenters. The molecule has 0 amide bonds. The van der Waals surface area contributed by atoms with Gasteiger partial charge in [-0.05, 0) is 20.8 Å². The van der Waals surface area contributed by atoms with E-state index < -0.39 is 14.6 Å². The molecule has 0 aromatic rings. The van der Waals surface area contributed by atoms with Crippen molar-refractivity contribution in [1.82, 2.24) is 10.2 Å². The van der Waals surface area contributed by atoms with Crippen LogP contribution in [0.5, 0.6) is 0 Å². The summed E-state index contributed by atoms with van der Waals surface area (Å²) < 4.78 is 27.8. The highest BCUT2D eigenvalue weighted by atomic mass is 127. The van der Waals surface area contributed by atoms with Crippen molar-refractivity contribution in [3.8, 4) is 0 Å². The monoisotopic (exact) mass is 447 g/mol. The quantitative estimate of drug-likeness (QED) is 0.295. The number of carbonyl (C=O) groups is 1. The number of guanidine groups is 1. The van der Waals surface area contributed by atoms with E-state index >= 15 is 0 Å². The van der Waals surface area contributed by atoms with Gasteiger partial charge in [-0.25, -0.2) is 8.42 Å². The number of nitrogens with one attached hydrogen (secondary N) is 1. The zero-order valence-electron chi connectivity index (χ0n) is 13.6. The standard InChI is InChI=1S/C13H25N3O4S.HI/c1-5-14-12(15-7-6-11(17)20-4)16-8-9-21(18,19)13(2,3)10-16;/h5-10H2,1-4H3,(H,14,15);1H. The maximum Gasteiger partial charge on any atom is 0.307 e. The number of carbonyl (C=O) groups excluding carboxylic acids is 1. The van der Waals surface area contributed by atoms with E-state index in [2.05, 4.69) is 15.0 Å². The molecule has 130 valence electrons. The highest BCUT2D eigenvalue weighted by Gasteiger charge is 2.40. The van der Waals surface area contributed by atoms with E-state index in [0.717, 1.165) is 0 Å². The van der Waals surface area contributed by atoms with Crippen molar-refractivity contribution >= 4 is 45.7 Å². The Bertz CT molecular complexity index is 505. The van der Waals surface area contributed by atoms with Crippen molar-refractivity contribution in [2.45, 2.75) is 31.9 Å². The lowest BCUT2D eigenvalue weighted by Gasteiger charge is -2.39. The molecular formula is C13H26IN3O4S. The fraction of sp³-hybridized carbons (Fsp3) is 0.846. The Labute approximate surface area is 149 Å². The maximum atomic E-state index is 12.0. The Morgan fingerprint density at radius 2 is 2.05 bits per heavy atom. The number of esters is 1. The number of nitrogens with zero attached hydrogens (tertiary/aromatic N) is 2. The summed E-state index contributed by atoms with van der Waals surface area (Å²) in [7, 11) is -1.74. The highest BCUT2D eigenvalue weighted by Crippen LogP contribution is 2.23. The van der Waals surface area contributed by atoms with Crippen LogP contribution in [0.4, 0.5) is 0 Å². The first kappa shape index (κ1) is 21.4. The number of aliphatic imine (C=N–C) groups is 1. The molecule has 1 heterocycles. The van der Waals surface area contributed by atoms with Crippen LogP contribution in [-0.2, 0) is 19.4 Å². The van der Waals surface area contributed by atoms with Crippen molar-refractivity contribution in [2.24, 2.45) is 4.99 Å². The first-order valence-corrected chi connectivity index (χ1v) is 8.71. The Morgan fingerprint density at radius 3 is 2.55 bits per heavy atom. The van der Waals surface area contributed by atoms with Crippen molar-refractivity contribution in [3.05, 3.63) is 0 Å². The molecular weight excluding hydrogens is 421 g/mol. The summed E-state index contributed by atoms with van der Waals surface area (Å²) in [6.45, 7) is 7.20. The predicted octanol–water partition coefficient (Wildman–Crippen LogP) is 0.642. The second-order valence-corrected chi connectivity index (χ2v) is 8.30. The van der Waals surface area contributed by atoms with Gasteiger partial charge in [0.25, 0.3) is 0 Å². The van der Waals surface area contributed by atoms with E-state index in [9.17, 15) is 13.2 Å². The number of ether oxygens (including phenoxy) is 1. The number of methoxy groups -OCH3 is 1. The van der Waals surface area contributed by atoms with E-state index in [1.807, 2.05) is 11.8 Å². The Morgan fingerprint density at radius 1 is 1.41 bits per heavy atom. The Balaban J connectivity index is 0.00000441. The van der Waals surface area contributed by atoms with Crippen molar-refractivity contribution in [2.75, 3.05) is 39.0 Å². The molecule has 1 rings (SSSR count). The molecule has 0 aliphatic carbocycles. The summed E-state index contributed by atoms with van der Waals surface area (Å²) in [6.07, 6.45) is 0.209. The van der Waals surface area contributed by atoms with Crippen molar-refractivity contribution in [1.29, 1.82) is 0 Å². The largest absolute Gasteiger partial charge is 0.469 e. The van der Waals surface area contributed by atoms with Gasteiger partial charge in [0.2, 0.25) is 0 Å². The molecule has 1 saturated heterocycles. The van der Waals surface area contributed by atoms with Crippen LogP contribution in [0.2, 0.25) is 0 Å². The first-order valence-electron chi connectivity index (χ1n) is 7.06. The first-order chi connectivity index (χ1) is 9.73. The van der Waals surface area contributed by atoms with Crippen molar-refractivity contribution in [3.63, 3.8) is 0 Å². The number of sulfone groups is 1. The third-order valence-electron chi connectivity index (χ3n) is 3.48. The lowest BCUT2D eigenvalue weighted by Crippen LogP contribution is -2.57. The average molecular weight is 447 g/mol. The third kappa shape index (κ3) is 5.56. The smallest absolute Gasteiger partial charge is 0.307 e. The lowest BCUT2D eigenvalue weighted by molar-refractivity contribution is -0.140. The van der Waals surface area contributed by atoms with Crippen LogP contribution in [0.1, 0.15) is 27.2 Å². The minimum Gasteiger partial charge on any atom is -0.469 e. The van der Waals surface area contributed by atoms with Crippen LogP contribution in [0.25, 0.3) is 0 Å². The second kappa shape index (κ2) is 8.90. The van der Waals surface area contributed by atoms with Gasteiger partial charge in [-0.2, -0.15) is 0 Å². The van der Waals surface area contributed by atoms with E-state index in [0.29, 0.717) is 32.1 Å². The summed E-state index contributed by atoms with van der Waals surface area (Å²) in [5, 5.41) is 3.14. The van der Waals surface area contributed by atoms with E-state index in [1.165, 1.54) is 7.11 Å². The zero-order chi connectivity index (χ0) is 16.1. The van der Waals surface area contributed by atoms with Crippen LogP contribution < -0.4 is 5.32 Å². The number of hydrogen-bond acceptors (Lipinski definition) is 5. The summed E-state index contributed by atoms with van der Waals surface area (Å²) in [5.41, 5.74) is 0. The molecule has 7 nitrogen and oxygen atoms in total. The Hall–Kier alpha value is -0.580. The van der Waals surface area contributed by atoms with Gasteiger partial charge in [0.05, 0.1) is 30.6 Å². The molecule has 22 heavy (non-hydrogen) atoms. The van der Waals surface area contributed by atoms with Crippen LogP contribution >= 0.6 is 24.0 Å². The molecule has 1 aliphatic rings. The number of rotatable bonds is 4. The predicted molar refractivity (Wildman–Crippen MR) is 97.5 cm³/mol. The van der Waals surface area contributed by atoms with Gasteiger partial charge in [-0.15, -0.1) is 24.0 Å². The van der Waals surface area contributed by atoms with Gasteiger partial charge in [0, 0.05) is 19.6 Å². The molecule has 1 fully saturated rings. The van der Waals surface area contributed by atoms with Gasteiger partial charge >= 0.3 is 5.97 Å². The van der Waals surface area contributed by atoms with Crippen LogP contribution in [0.15, 0.2) is 4.99 Å². The average Bonchev–Trinajstić information content (AvgIpc) is 2.40. The molecule has 0 bridgehead atoms. The molecule has 9 heteroatoms. The van der Waals surface area contributed by atoms with Crippen molar-refractivity contribution < 1.29 is 17.9 Å². The van der Waals surface area contributed by atoms with Gasteiger partial charge in [0.1, 0.15) is 0 Å². The fourth-order valence-electron chi connectivity index (χ4n) is 2.11. The number of halogens is 1. The molecule has 0 atom stereocenters. The molecule has 0 spiro atoms. The number of hydrogen-bond donors (Lipinski definition) is 1. The summed E-state index contributed by atoms with van der Waals surface area (Å²) >= 11 is 0. The van der Waals surface area contributed by atoms with Gasteiger partial charge in [-0.1, -0.05) is 0 Å². The summed E-state index contributed by atoms with van der Waals surface area (Å²) in [4.78, 5) is 17.4. The molecule has 0 saturated carbocycles. The van der Waals surface area contributed by atoms with E-state index in [4.69, 9.17) is 0 Å². The minimum atomic E-state index is -3.08. The minimum absolute atomic E-state index is 0. The molecule has 0 radical (unpaired) electrons. The third-order valence-corrected chi connectivity index (χ3v) is 6.02. The summed E-state index contributed by atoms with van der Waals surface area (Å²) in [5.74, 6) is 0.446. The lowest BCUT2D eigenvalue weighted by atomic mass is 10.2. The highest BCUT2D eigenvalue weighted by molar-refractivity contribution is 14.0. The molecule has 1 N–H and O–H groups in total. The molecule has 0 aromatic carbocycles. The van der Waals surface area contributed by atoms with E-state index in [-0.39, 0.29) is 42.1 Å². The maximum absolute atomic E-state index is 12.0. The van der Waals surface area contributed by atoms with Crippen LogP contribution in [0, 0.1) is 0 Å². The Kier molecular flexibility index (Phi) is 8.66.